The molecule has 0 unspecified atom stereocenters. The molecule has 33 heavy (non-hydrogen) atoms. The molecule has 2 aromatic heterocycles. The molecule has 3 heterocycles. The van der Waals surface area contributed by atoms with Gasteiger partial charge >= 0.3 is 0 Å². The zero-order valence-electron chi connectivity index (χ0n) is 18.8. The summed E-state index contributed by atoms with van der Waals surface area (Å²) in [6.45, 7) is 5.91. The van der Waals surface area contributed by atoms with E-state index in [2.05, 4.69) is 25.3 Å². The van der Waals surface area contributed by atoms with E-state index in [1.807, 2.05) is 0 Å². The van der Waals surface area contributed by atoms with Gasteiger partial charge in [0, 0.05) is 24.6 Å². The minimum absolute atomic E-state index is 0.142. The monoisotopic (exact) mass is 448 g/mol. The molecule has 2 amide bonds. The Hall–Kier alpha value is -3.75. The fourth-order valence-electron chi connectivity index (χ4n) is 3.99. The lowest BCUT2D eigenvalue weighted by Crippen LogP contribution is -2.40. The number of nitrogens with one attached hydrogen (secondary N) is 1. The normalized spacial score (nSPS) is 15.9. The summed E-state index contributed by atoms with van der Waals surface area (Å²) in [6.07, 6.45) is 5.63. The van der Waals surface area contributed by atoms with Crippen LogP contribution in [-0.4, -0.2) is 43.2 Å². The number of hydrogen-bond donors (Lipinski definition) is 1. The summed E-state index contributed by atoms with van der Waals surface area (Å²) in [5.74, 6) is 0.222. The van der Waals surface area contributed by atoms with Crippen molar-refractivity contribution in [2.24, 2.45) is 0 Å². The number of carbonyl (C=O) groups excluding carboxylic acids is 2. The number of benzene rings is 1. The Morgan fingerprint density at radius 2 is 1.67 bits per heavy atom. The zero-order chi connectivity index (χ0) is 23.5. The molecule has 0 saturated carbocycles. The number of carbonyl (C=O) groups is 2. The first-order chi connectivity index (χ1) is 15.8. The van der Waals surface area contributed by atoms with E-state index in [1.165, 1.54) is 30.5 Å². The number of piperidine rings is 1. The number of nitrogens with zero attached hydrogens (tertiary/aromatic N) is 5. The largest absolute Gasteiger partial charge is 0.328 e. The van der Waals surface area contributed by atoms with Crippen LogP contribution >= 0.6 is 0 Å². The Morgan fingerprint density at radius 1 is 0.970 bits per heavy atom. The van der Waals surface area contributed by atoms with E-state index in [1.54, 1.807) is 31.9 Å². The average Bonchev–Trinajstić information content (AvgIpc) is 2.80. The number of halogens is 1. The summed E-state index contributed by atoms with van der Waals surface area (Å²) < 4.78 is 13.1. The highest BCUT2D eigenvalue weighted by Crippen LogP contribution is 2.31. The summed E-state index contributed by atoms with van der Waals surface area (Å²) in [5, 5.41) is 2.72. The third kappa shape index (κ3) is 4.87. The number of amides is 2. The average molecular weight is 449 g/mol. The zero-order valence-corrected chi connectivity index (χ0v) is 18.8. The molecule has 9 heteroatoms. The molecule has 1 aromatic carbocycles. The second kappa shape index (κ2) is 9.40. The SMILES string of the molecule is Cc1ncc(C(=O)N2CCCC[C@@H]2c2ncc(C(=O)Nc3ccc(F)cc3)c(C)n2)c(C)n1. The molecule has 1 N–H and O–H groups in total. The lowest BCUT2D eigenvalue weighted by molar-refractivity contribution is 0.0597. The van der Waals surface area contributed by atoms with Crippen molar-refractivity contribution in [1.82, 2.24) is 24.8 Å². The summed E-state index contributed by atoms with van der Waals surface area (Å²) in [5.41, 5.74) is 2.41. The Labute approximate surface area is 191 Å². The molecule has 1 saturated heterocycles. The van der Waals surface area contributed by atoms with Gasteiger partial charge < -0.3 is 10.2 Å². The van der Waals surface area contributed by atoms with Gasteiger partial charge in [-0.2, -0.15) is 0 Å². The second-order valence-electron chi connectivity index (χ2n) is 8.11. The van der Waals surface area contributed by atoms with Crippen LogP contribution in [0.5, 0.6) is 0 Å². The first-order valence-corrected chi connectivity index (χ1v) is 10.8. The molecule has 1 aliphatic rings. The molecule has 4 rings (SSSR count). The Balaban J connectivity index is 1.56. The fraction of sp³-hybridized carbons (Fsp3) is 0.333. The van der Waals surface area contributed by atoms with Crippen LogP contribution in [0.15, 0.2) is 36.7 Å². The maximum absolute atomic E-state index is 13.3. The minimum atomic E-state index is -0.380. The number of rotatable bonds is 4. The number of aromatic nitrogens is 4. The van der Waals surface area contributed by atoms with Gasteiger partial charge in [0.2, 0.25) is 0 Å². The van der Waals surface area contributed by atoms with Gasteiger partial charge in [-0.3, -0.25) is 9.59 Å². The molecule has 8 nitrogen and oxygen atoms in total. The van der Waals surface area contributed by atoms with E-state index in [-0.39, 0.29) is 23.7 Å². The highest BCUT2D eigenvalue weighted by Gasteiger charge is 2.32. The quantitative estimate of drug-likeness (QED) is 0.649. The maximum Gasteiger partial charge on any atom is 0.259 e. The van der Waals surface area contributed by atoms with Crippen LogP contribution in [0.25, 0.3) is 0 Å². The van der Waals surface area contributed by atoms with Gasteiger partial charge in [-0.25, -0.2) is 24.3 Å². The van der Waals surface area contributed by atoms with Gasteiger partial charge in [-0.1, -0.05) is 0 Å². The van der Waals surface area contributed by atoms with Crippen molar-refractivity contribution in [3.8, 4) is 0 Å². The molecule has 0 bridgehead atoms. The van der Waals surface area contributed by atoms with E-state index in [0.717, 1.165) is 19.3 Å². The number of anilines is 1. The van der Waals surface area contributed by atoms with Crippen molar-refractivity contribution >= 4 is 17.5 Å². The van der Waals surface area contributed by atoms with Crippen LogP contribution in [0, 0.1) is 26.6 Å². The van der Waals surface area contributed by atoms with Crippen LogP contribution < -0.4 is 5.32 Å². The summed E-state index contributed by atoms with van der Waals surface area (Å²) >= 11 is 0. The molecule has 0 spiro atoms. The van der Waals surface area contributed by atoms with Gasteiger partial charge in [0.1, 0.15) is 11.6 Å². The first-order valence-electron chi connectivity index (χ1n) is 10.8. The van der Waals surface area contributed by atoms with E-state index in [4.69, 9.17) is 0 Å². The molecule has 170 valence electrons. The third-order valence-electron chi connectivity index (χ3n) is 5.74. The van der Waals surface area contributed by atoms with E-state index >= 15 is 0 Å². The molecule has 1 fully saturated rings. The molecule has 1 atom stereocenters. The molecule has 3 aromatic rings. The van der Waals surface area contributed by atoms with Crippen molar-refractivity contribution in [3.05, 3.63) is 76.6 Å². The van der Waals surface area contributed by atoms with Crippen LogP contribution in [-0.2, 0) is 0 Å². The highest BCUT2D eigenvalue weighted by atomic mass is 19.1. The van der Waals surface area contributed by atoms with Crippen LogP contribution in [0.1, 0.15) is 69.1 Å². The lowest BCUT2D eigenvalue weighted by Gasteiger charge is -2.35. The van der Waals surface area contributed by atoms with Gasteiger partial charge in [0.05, 0.1) is 28.6 Å². The van der Waals surface area contributed by atoms with Crippen molar-refractivity contribution in [2.45, 2.75) is 46.1 Å². The molecular weight excluding hydrogens is 423 g/mol. The van der Waals surface area contributed by atoms with Crippen LogP contribution in [0.2, 0.25) is 0 Å². The van der Waals surface area contributed by atoms with Crippen molar-refractivity contribution < 1.29 is 14.0 Å². The Bertz CT molecular complexity index is 1200. The molecule has 0 aliphatic carbocycles. The lowest BCUT2D eigenvalue weighted by atomic mass is 9.99. The number of aryl methyl sites for hydroxylation is 3. The van der Waals surface area contributed by atoms with Crippen LogP contribution in [0.3, 0.4) is 0 Å². The molecular formula is C24H25FN6O2. The fourth-order valence-corrected chi connectivity index (χ4v) is 3.99. The summed E-state index contributed by atoms with van der Waals surface area (Å²) in [4.78, 5) is 45.3. The van der Waals surface area contributed by atoms with E-state index in [9.17, 15) is 14.0 Å². The third-order valence-corrected chi connectivity index (χ3v) is 5.74. The summed E-state index contributed by atoms with van der Waals surface area (Å²) in [6, 6.07) is 5.23. The minimum Gasteiger partial charge on any atom is -0.328 e. The number of likely N-dealkylation sites (tertiary alicyclic amines) is 1. The topological polar surface area (TPSA) is 101 Å². The molecule has 0 radical (unpaired) electrons. The van der Waals surface area contributed by atoms with Gasteiger partial charge in [0.15, 0.2) is 5.82 Å². The van der Waals surface area contributed by atoms with Crippen molar-refractivity contribution in [1.29, 1.82) is 0 Å². The first kappa shape index (κ1) is 22.4. The standard InChI is InChI=1S/C24H25FN6O2/c1-14-19(23(32)30-18-9-7-17(25)8-10-18)12-27-22(29-14)21-6-4-5-11-31(21)24(33)20-13-26-16(3)28-15(20)2/h7-10,12-13,21H,4-6,11H2,1-3H3,(H,30,32)/t21-/m1/s1. The second-order valence-corrected chi connectivity index (χ2v) is 8.11. The molecule has 1 aliphatic heterocycles. The van der Waals surface area contributed by atoms with Crippen molar-refractivity contribution in [2.75, 3.05) is 11.9 Å². The van der Waals surface area contributed by atoms with E-state index < -0.39 is 0 Å². The summed E-state index contributed by atoms with van der Waals surface area (Å²) in [7, 11) is 0. The maximum atomic E-state index is 13.3. The van der Waals surface area contributed by atoms with E-state index in [0.29, 0.717) is 46.4 Å². The highest BCUT2D eigenvalue weighted by molar-refractivity contribution is 6.04. The predicted molar refractivity (Wildman–Crippen MR) is 120 cm³/mol. The Kier molecular flexibility index (Phi) is 6.39. The smallest absolute Gasteiger partial charge is 0.259 e. The van der Waals surface area contributed by atoms with Gasteiger partial charge in [-0.05, 0) is 64.3 Å². The number of hydrogen-bond acceptors (Lipinski definition) is 6. The van der Waals surface area contributed by atoms with Gasteiger partial charge in [-0.15, -0.1) is 0 Å². The Morgan fingerprint density at radius 3 is 2.36 bits per heavy atom. The van der Waals surface area contributed by atoms with Crippen LogP contribution in [0.4, 0.5) is 10.1 Å². The predicted octanol–water partition coefficient (Wildman–Crippen LogP) is 3.95. The van der Waals surface area contributed by atoms with Crippen molar-refractivity contribution in [3.63, 3.8) is 0 Å². The van der Waals surface area contributed by atoms with Gasteiger partial charge in [0.25, 0.3) is 11.8 Å².